The molecule has 3 rings (SSSR count). The second-order valence-electron chi connectivity index (χ2n) is 5.72. The van der Waals surface area contributed by atoms with Crippen molar-refractivity contribution in [2.24, 2.45) is 0 Å². The molecule has 2 unspecified atom stereocenters. The third-order valence-electron chi connectivity index (χ3n) is 4.02. The summed E-state index contributed by atoms with van der Waals surface area (Å²) in [7, 11) is 0. The number of ether oxygens (including phenoxy) is 2. The number of rotatable bonds is 3. The van der Waals surface area contributed by atoms with Crippen molar-refractivity contribution in [3.63, 3.8) is 0 Å². The van der Waals surface area contributed by atoms with Crippen LogP contribution in [-0.4, -0.2) is 57.7 Å². The number of fused-ring (bicyclic) bond motifs is 1. The zero-order valence-corrected chi connectivity index (χ0v) is 12.8. The zero-order chi connectivity index (χ0) is 17.4. The Morgan fingerprint density at radius 1 is 1.12 bits per heavy atom. The number of aliphatic hydroxyl groups excluding tert-OH is 4. The molecule has 5 atom stereocenters. The molecule has 4 N–H and O–H groups in total. The molecule has 2 aromatic rings. The van der Waals surface area contributed by atoms with Crippen LogP contribution in [-0.2, 0) is 4.74 Å². The van der Waals surface area contributed by atoms with Crippen LogP contribution >= 0.6 is 0 Å². The van der Waals surface area contributed by atoms with E-state index >= 15 is 0 Å². The fourth-order valence-electron chi connectivity index (χ4n) is 2.68. The summed E-state index contributed by atoms with van der Waals surface area (Å²) in [6, 6.07) is 6.12. The van der Waals surface area contributed by atoms with Crippen LogP contribution in [0.5, 0.6) is 5.75 Å². The topological polar surface area (TPSA) is 130 Å². The number of aryl methyl sites for hydroxylation is 1. The predicted molar refractivity (Wildman–Crippen MR) is 81.6 cm³/mol. The highest BCUT2D eigenvalue weighted by atomic mass is 16.7. The SMILES string of the molecule is Cc1cc(=O)oc2cc(O[C@@H]3OC(CO)[C@@H](O)C(O)[C@@H]3O)ccc12. The van der Waals surface area contributed by atoms with Gasteiger partial charge in [-0.15, -0.1) is 0 Å². The van der Waals surface area contributed by atoms with Crippen LogP contribution in [0.2, 0.25) is 0 Å². The second-order valence-corrected chi connectivity index (χ2v) is 5.72. The summed E-state index contributed by atoms with van der Waals surface area (Å²) >= 11 is 0. The van der Waals surface area contributed by atoms with E-state index in [1.54, 1.807) is 19.1 Å². The standard InChI is InChI=1S/C16H18O8/c1-7-4-12(18)23-10-5-8(2-3-9(7)10)22-16-15(21)14(20)13(19)11(6-17)24-16/h2-5,11,13-17,19-21H,6H2,1H3/t11?,13-,14?,15+,16-/m1/s1. The predicted octanol–water partition coefficient (Wildman–Crippen LogP) is -0.720. The zero-order valence-electron chi connectivity index (χ0n) is 12.8. The summed E-state index contributed by atoms with van der Waals surface area (Å²) in [5, 5.41) is 39.4. The smallest absolute Gasteiger partial charge is 0.336 e. The fraction of sp³-hybridized carbons (Fsp3) is 0.438. The monoisotopic (exact) mass is 338 g/mol. The molecule has 1 aromatic carbocycles. The van der Waals surface area contributed by atoms with Gasteiger partial charge in [0.1, 0.15) is 35.7 Å². The van der Waals surface area contributed by atoms with Crippen LogP contribution < -0.4 is 10.4 Å². The summed E-state index contributed by atoms with van der Waals surface area (Å²) < 4.78 is 15.9. The van der Waals surface area contributed by atoms with E-state index in [-0.39, 0.29) is 5.75 Å². The molecular weight excluding hydrogens is 320 g/mol. The van der Waals surface area contributed by atoms with Crippen LogP contribution in [0.25, 0.3) is 11.0 Å². The largest absolute Gasteiger partial charge is 0.462 e. The van der Waals surface area contributed by atoms with Crippen molar-refractivity contribution in [2.45, 2.75) is 37.6 Å². The number of benzene rings is 1. The van der Waals surface area contributed by atoms with E-state index in [0.717, 1.165) is 10.9 Å². The van der Waals surface area contributed by atoms with Gasteiger partial charge in [0, 0.05) is 17.5 Å². The number of hydrogen-bond donors (Lipinski definition) is 4. The molecule has 0 aliphatic carbocycles. The lowest BCUT2D eigenvalue weighted by Gasteiger charge is -2.39. The lowest BCUT2D eigenvalue weighted by molar-refractivity contribution is -0.277. The summed E-state index contributed by atoms with van der Waals surface area (Å²) in [5.74, 6) is 0.237. The normalized spacial score (nSPS) is 30.5. The molecular formula is C16H18O8. The van der Waals surface area contributed by atoms with Crippen LogP contribution in [0.1, 0.15) is 5.56 Å². The average molecular weight is 338 g/mol. The van der Waals surface area contributed by atoms with Crippen LogP contribution in [0, 0.1) is 6.92 Å². The molecule has 1 aliphatic heterocycles. The van der Waals surface area contributed by atoms with Gasteiger partial charge in [-0.3, -0.25) is 0 Å². The Morgan fingerprint density at radius 2 is 1.88 bits per heavy atom. The van der Waals surface area contributed by atoms with E-state index in [9.17, 15) is 20.1 Å². The van der Waals surface area contributed by atoms with Gasteiger partial charge >= 0.3 is 5.63 Å². The number of aliphatic hydroxyl groups is 4. The first kappa shape index (κ1) is 16.9. The molecule has 8 heteroatoms. The molecule has 1 saturated heterocycles. The molecule has 2 heterocycles. The molecule has 0 saturated carbocycles. The van der Waals surface area contributed by atoms with Gasteiger partial charge in [0.05, 0.1) is 6.61 Å². The van der Waals surface area contributed by atoms with E-state index < -0.39 is 42.9 Å². The first-order valence-electron chi connectivity index (χ1n) is 7.42. The molecule has 1 aliphatic rings. The molecule has 130 valence electrons. The molecule has 0 amide bonds. The van der Waals surface area contributed by atoms with Gasteiger partial charge in [-0.25, -0.2) is 4.79 Å². The maximum absolute atomic E-state index is 11.5. The van der Waals surface area contributed by atoms with Crippen LogP contribution in [0.4, 0.5) is 0 Å². The van der Waals surface area contributed by atoms with Crippen molar-refractivity contribution in [3.8, 4) is 5.75 Å². The van der Waals surface area contributed by atoms with Gasteiger partial charge in [0.2, 0.25) is 6.29 Å². The minimum Gasteiger partial charge on any atom is -0.462 e. The van der Waals surface area contributed by atoms with E-state index in [4.69, 9.17) is 19.0 Å². The van der Waals surface area contributed by atoms with Crippen molar-refractivity contribution in [2.75, 3.05) is 6.61 Å². The minimum absolute atomic E-state index is 0.237. The highest BCUT2D eigenvalue weighted by Crippen LogP contribution is 2.27. The Balaban J connectivity index is 1.87. The lowest BCUT2D eigenvalue weighted by Crippen LogP contribution is -2.60. The van der Waals surface area contributed by atoms with Crippen LogP contribution in [0.15, 0.2) is 33.5 Å². The molecule has 1 aromatic heterocycles. The fourth-order valence-corrected chi connectivity index (χ4v) is 2.68. The van der Waals surface area contributed by atoms with E-state index in [0.29, 0.717) is 5.58 Å². The minimum atomic E-state index is -1.53. The first-order chi connectivity index (χ1) is 11.4. The Bertz CT molecular complexity index is 783. The molecule has 0 bridgehead atoms. The Kier molecular flexibility index (Phi) is 4.57. The van der Waals surface area contributed by atoms with Gasteiger partial charge in [0.25, 0.3) is 0 Å². The lowest BCUT2D eigenvalue weighted by atomic mass is 9.99. The van der Waals surface area contributed by atoms with Crippen molar-refractivity contribution >= 4 is 11.0 Å². The Morgan fingerprint density at radius 3 is 2.58 bits per heavy atom. The van der Waals surface area contributed by atoms with Crippen LogP contribution in [0.3, 0.4) is 0 Å². The molecule has 24 heavy (non-hydrogen) atoms. The average Bonchev–Trinajstić information content (AvgIpc) is 2.55. The van der Waals surface area contributed by atoms with Crippen molar-refractivity contribution in [3.05, 3.63) is 40.2 Å². The van der Waals surface area contributed by atoms with Gasteiger partial charge in [-0.05, 0) is 24.6 Å². The van der Waals surface area contributed by atoms with E-state index in [1.807, 2.05) is 0 Å². The maximum atomic E-state index is 11.5. The molecule has 1 fully saturated rings. The summed E-state index contributed by atoms with van der Waals surface area (Å²) in [6.45, 7) is 1.23. The summed E-state index contributed by atoms with van der Waals surface area (Å²) in [4.78, 5) is 11.5. The van der Waals surface area contributed by atoms with Gasteiger partial charge < -0.3 is 34.3 Å². The third-order valence-corrected chi connectivity index (χ3v) is 4.02. The van der Waals surface area contributed by atoms with Crippen molar-refractivity contribution in [1.82, 2.24) is 0 Å². The Hall–Kier alpha value is -1.97. The van der Waals surface area contributed by atoms with E-state index in [1.165, 1.54) is 12.1 Å². The van der Waals surface area contributed by atoms with Gasteiger partial charge in [-0.2, -0.15) is 0 Å². The van der Waals surface area contributed by atoms with Crippen molar-refractivity contribution < 1.29 is 34.3 Å². The molecule has 8 nitrogen and oxygen atoms in total. The molecule has 0 radical (unpaired) electrons. The highest BCUT2D eigenvalue weighted by Gasteiger charge is 2.44. The third kappa shape index (κ3) is 3.02. The van der Waals surface area contributed by atoms with Gasteiger partial charge in [0.15, 0.2) is 0 Å². The number of hydrogen-bond acceptors (Lipinski definition) is 8. The van der Waals surface area contributed by atoms with Gasteiger partial charge in [-0.1, -0.05) is 0 Å². The summed E-state index contributed by atoms with van der Waals surface area (Å²) in [6.07, 6.45) is -6.85. The Labute approximate surface area is 136 Å². The first-order valence-corrected chi connectivity index (χ1v) is 7.42. The summed E-state index contributed by atoms with van der Waals surface area (Å²) in [5.41, 5.74) is 0.563. The quantitative estimate of drug-likeness (QED) is 0.540. The second kappa shape index (κ2) is 6.50. The maximum Gasteiger partial charge on any atom is 0.336 e. The van der Waals surface area contributed by atoms with Crippen molar-refractivity contribution in [1.29, 1.82) is 0 Å². The molecule has 0 spiro atoms. The highest BCUT2D eigenvalue weighted by molar-refractivity contribution is 5.81. The van der Waals surface area contributed by atoms with E-state index in [2.05, 4.69) is 0 Å².